The molecule has 1 aliphatic rings. The maximum Gasteiger partial charge on any atom is 0.254 e. The number of carbonyl (C=O) groups excluding carboxylic acids is 2. The molecule has 1 aromatic heterocycles. The predicted octanol–water partition coefficient (Wildman–Crippen LogP) is 2.97. The van der Waals surface area contributed by atoms with Crippen LogP contribution in [0.25, 0.3) is 0 Å². The molecule has 0 aliphatic carbocycles. The fourth-order valence-electron chi connectivity index (χ4n) is 2.77. The van der Waals surface area contributed by atoms with Crippen molar-refractivity contribution in [3.63, 3.8) is 0 Å². The van der Waals surface area contributed by atoms with E-state index >= 15 is 0 Å². The van der Waals surface area contributed by atoms with E-state index in [-0.39, 0.29) is 11.8 Å². The summed E-state index contributed by atoms with van der Waals surface area (Å²) < 4.78 is 1.60. The van der Waals surface area contributed by atoms with Gasteiger partial charge in [-0.1, -0.05) is 23.2 Å². The van der Waals surface area contributed by atoms with Crippen LogP contribution in [0.2, 0.25) is 10.0 Å². The number of hydrogen-bond acceptors (Lipinski definition) is 3. The molecule has 2 amide bonds. The molecule has 1 N–H and O–H groups in total. The standard InChI is InChI=1S/C16H16Cl2N4O2/c1-21-8-6-14(20-21)19-15(23)13-3-2-7-22(13)16(24)10-4-5-11(17)12(18)9-10/h4-6,8-9,13H,2-3,7H2,1H3,(H,19,20,23)/t13-/m1/s1. The molecule has 0 saturated carbocycles. The first-order valence-electron chi connectivity index (χ1n) is 7.52. The first-order chi connectivity index (χ1) is 11.5. The van der Waals surface area contributed by atoms with Crippen molar-refractivity contribution in [3.8, 4) is 0 Å². The highest BCUT2D eigenvalue weighted by molar-refractivity contribution is 6.42. The molecule has 0 unspecified atom stereocenters. The van der Waals surface area contributed by atoms with E-state index < -0.39 is 6.04 Å². The second-order valence-corrected chi connectivity index (χ2v) is 6.46. The minimum absolute atomic E-state index is 0.229. The molecule has 0 spiro atoms. The van der Waals surface area contributed by atoms with Crippen LogP contribution >= 0.6 is 23.2 Å². The van der Waals surface area contributed by atoms with Crippen LogP contribution < -0.4 is 5.32 Å². The van der Waals surface area contributed by atoms with E-state index in [4.69, 9.17) is 23.2 Å². The average Bonchev–Trinajstić information content (AvgIpc) is 3.18. The number of aromatic nitrogens is 2. The van der Waals surface area contributed by atoms with E-state index in [9.17, 15) is 9.59 Å². The first-order valence-corrected chi connectivity index (χ1v) is 8.28. The average molecular weight is 367 g/mol. The summed E-state index contributed by atoms with van der Waals surface area (Å²) in [6.07, 6.45) is 3.13. The van der Waals surface area contributed by atoms with Gasteiger partial charge in [-0.3, -0.25) is 14.3 Å². The van der Waals surface area contributed by atoms with Gasteiger partial charge in [0.1, 0.15) is 6.04 Å². The summed E-state index contributed by atoms with van der Waals surface area (Å²) in [5, 5.41) is 7.57. The van der Waals surface area contributed by atoms with Crippen molar-refractivity contribution >= 4 is 40.8 Å². The largest absolute Gasteiger partial charge is 0.327 e. The second kappa shape index (κ2) is 6.83. The lowest BCUT2D eigenvalue weighted by molar-refractivity contribution is -0.119. The SMILES string of the molecule is Cn1ccc(NC(=O)[C@H]2CCCN2C(=O)c2ccc(Cl)c(Cl)c2)n1. The Balaban J connectivity index is 1.75. The second-order valence-electron chi connectivity index (χ2n) is 5.65. The zero-order chi connectivity index (χ0) is 17.3. The van der Waals surface area contributed by atoms with Crippen molar-refractivity contribution in [3.05, 3.63) is 46.1 Å². The number of halogens is 2. The molecule has 1 atom stereocenters. The zero-order valence-electron chi connectivity index (χ0n) is 13.0. The van der Waals surface area contributed by atoms with E-state index in [0.29, 0.717) is 34.4 Å². The maximum atomic E-state index is 12.7. The molecule has 1 fully saturated rings. The van der Waals surface area contributed by atoms with Crippen LogP contribution in [0.4, 0.5) is 5.82 Å². The smallest absolute Gasteiger partial charge is 0.254 e. The molecule has 8 heteroatoms. The molecule has 24 heavy (non-hydrogen) atoms. The zero-order valence-corrected chi connectivity index (χ0v) is 14.5. The molecule has 1 aliphatic heterocycles. The van der Waals surface area contributed by atoms with Crippen molar-refractivity contribution < 1.29 is 9.59 Å². The number of nitrogens with zero attached hydrogens (tertiary/aromatic N) is 3. The van der Waals surface area contributed by atoms with E-state index in [1.54, 1.807) is 41.0 Å². The third-order valence-electron chi connectivity index (χ3n) is 3.95. The molecule has 0 bridgehead atoms. The van der Waals surface area contributed by atoms with Gasteiger partial charge in [0.2, 0.25) is 5.91 Å². The molecule has 1 aromatic carbocycles. The Bertz CT molecular complexity index is 790. The first kappa shape index (κ1) is 16.8. The van der Waals surface area contributed by atoms with Crippen molar-refractivity contribution in [2.75, 3.05) is 11.9 Å². The number of benzene rings is 1. The highest BCUT2D eigenvalue weighted by Gasteiger charge is 2.34. The van der Waals surface area contributed by atoms with Crippen molar-refractivity contribution in [2.24, 2.45) is 7.05 Å². The highest BCUT2D eigenvalue weighted by Crippen LogP contribution is 2.26. The molecule has 3 rings (SSSR count). The Kier molecular flexibility index (Phi) is 4.78. The Morgan fingerprint density at radius 2 is 2.04 bits per heavy atom. The van der Waals surface area contributed by atoms with E-state index in [1.807, 2.05) is 0 Å². The Labute approximate surface area is 149 Å². The summed E-state index contributed by atoms with van der Waals surface area (Å²) in [4.78, 5) is 26.8. The molecular formula is C16H16Cl2N4O2. The number of hydrogen-bond donors (Lipinski definition) is 1. The third kappa shape index (κ3) is 3.39. The van der Waals surface area contributed by atoms with Gasteiger partial charge in [0.05, 0.1) is 10.0 Å². The number of likely N-dealkylation sites (tertiary alicyclic amines) is 1. The van der Waals surface area contributed by atoms with Crippen molar-refractivity contribution in [2.45, 2.75) is 18.9 Å². The number of amides is 2. The number of carbonyl (C=O) groups is 2. The van der Waals surface area contributed by atoms with E-state index in [0.717, 1.165) is 6.42 Å². The van der Waals surface area contributed by atoms with Crippen LogP contribution in [-0.2, 0) is 11.8 Å². The van der Waals surface area contributed by atoms with Gasteiger partial charge in [-0.05, 0) is 31.0 Å². The van der Waals surface area contributed by atoms with Gasteiger partial charge in [-0.2, -0.15) is 5.10 Å². The van der Waals surface area contributed by atoms with Crippen LogP contribution in [0, 0.1) is 0 Å². The normalized spacial score (nSPS) is 17.1. The Morgan fingerprint density at radius 3 is 2.71 bits per heavy atom. The monoisotopic (exact) mass is 366 g/mol. The molecular weight excluding hydrogens is 351 g/mol. The molecule has 0 radical (unpaired) electrons. The molecule has 2 heterocycles. The van der Waals surface area contributed by atoms with Crippen molar-refractivity contribution in [1.82, 2.24) is 14.7 Å². The van der Waals surface area contributed by atoms with Crippen LogP contribution in [0.15, 0.2) is 30.5 Å². The summed E-state index contributed by atoms with van der Waals surface area (Å²) in [7, 11) is 1.77. The molecule has 2 aromatic rings. The number of aryl methyl sites for hydroxylation is 1. The van der Waals surface area contributed by atoms with Gasteiger partial charge in [0.25, 0.3) is 5.91 Å². The van der Waals surface area contributed by atoms with Crippen molar-refractivity contribution in [1.29, 1.82) is 0 Å². The third-order valence-corrected chi connectivity index (χ3v) is 4.69. The summed E-state index contributed by atoms with van der Waals surface area (Å²) in [6, 6.07) is 5.91. The summed E-state index contributed by atoms with van der Waals surface area (Å²) in [6.45, 7) is 0.527. The van der Waals surface area contributed by atoms with Gasteiger partial charge in [-0.25, -0.2) is 0 Å². The van der Waals surface area contributed by atoms with E-state index in [1.165, 1.54) is 6.07 Å². The number of nitrogens with one attached hydrogen (secondary N) is 1. The highest BCUT2D eigenvalue weighted by atomic mass is 35.5. The predicted molar refractivity (Wildman–Crippen MR) is 92.4 cm³/mol. The minimum atomic E-state index is -0.519. The van der Waals surface area contributed by atoms with Crippen LogP contribution in [0.3, 0.4) is 0 Å². The lowest BCUT2D eigenvalue weighted by Gasteiger charge is -2.23. The van der Waals surface area contributed by atoms with Gasteiger partial charge >= 0.3 is 0 Å². The van der Waals surface area contributed by atoms with Gasteiger partial charge in [0.15, 0.2) is 5.82 Å². The Hall–Kier alpha value is -2.05. The van der Waals surface area contributed by atoms with Gasteiger partial charge < -0.3 is 10.2 Å². The number of rotatable bonds is 3. The lowest BCUT2D eigenvalue weighted by atomic mass is 10.1. The summed E-state index contributed by atoms with van der Waals surface area (Å²) in [5.41, 5.74) is 0.418. The maximum absolute atomic E-state index is 12.7. The Morgan fingerprint density at radius 1 is 1.25 bits per heavy atom. The summed E-state index contributed by atoms with van der Waals surface area (Å²) >= 11 is 11.9. The minimum Gasteiger partial charge on any atom is -0.327 e. The quantitative estimate of drug-likeness (QED) is 0.907. The fourth-order valence-corrected chi connectivity index (χ4v) is 3.07. The van der Waals surface area contributed by atoms with Crippen LogP contribution in [-0.4, -0.2) is 39.1 Å². The molecule has 126 valence electrons. The molecule has 1 saturated heterocycles. The van der Waals surface area contributed by atoms with Gasteiger partial charge in [-0.15, -0.1) is 0 Å². The molecule has 6 nitrogen and oxygen atoms in total. The lowest BCUT2D eigenvalue weighted by Crippen LogP contribution is -2.43. The fraction of sp³-hybridized carbons (Fsp3) is 0.312. The topological polar surface area (TPSA) is 67.2 Å². The summed E-state index contributed by atoms with van der Waals surface area (Å²) in [5.74, 6) is 0.00295. The van der Waals surface area contributed by atoms with Crippen LogP contribution in [0.5, 0.6) is 0 Å². The number of anilines is 1. The van der Waals surface area contributed by atoms with E-state index in [2.05, 4.69) is 10.4 Å². The van der Waals surface area contributed by atoms with Crippen LogP contribution in [0.1, 0.15) is 23.2 Å². The van der Waals surface area contributed by atoms with Gasteiger partial charge in [0, 0.05) is 31.4 Å².